The molecule has 1 aromatic rings. The minimum absolute atomic E-state index is 0.0270. The van der Waals surface area contributed by atoms with Gasteiger partial charge in [0.15, 0.2) is 0 Å². The van der Waals surface area contributed by atoms with Crippen molar-refractivity contribution in [3.8, 4) is 0 Å². The van der Waals surface area contributed by atoms with E-state index >= 15 is 0 Å². The molecule has 2 N–H and O–H groups in total. The molecule has 1 amide bonds. The number of halogens is 1. The number of esters is 1. The highest BCUT2D eigenvalue weighted by atomic mass is 79.9. The number of aliphatic carboxylic acids is 1. The molecule has 1 aromatic carbocycles. The standard InChI is InChI=1S/C14H16BrNO5/c1-8-3-4-9(15)7-10(8)13(18)16-11(14(19)20)5-6-12(17)21-2/h3-4,7,11H,5-6H2,1-2H3,(H,16,18)(H,19,20). The highest BCUT2D eigenvalue weighted by Crippen LogP contribution is 2.16. The fourth-order valence-corrected chi connectivity index (χ4v) is 2.06. The van der Waals surface area contributed by atoms with E-state index in [4.69, 9.17) is 5.11 Å². The van der Waals surface area contributed by atoms with Gasteiger partial charge in [-0.2, -0.15) is 0 Å². The van der Waals surface area contributed by atoms with Gasteiger partial charge in [-0.15, -0.1) is 0 Å². The summed E-state index contributed by atoms with van der Waals surface area (Å²) in [7, 11) is 1.22. The summed E-state index contributed by atoms with van der Waals surface area (Å²) in [6.07, 6.45) is -0.105. The molecule has 0 aliphatic carbocycles. The van der Waals surface area contributed by atoms with Crippen LogP contribution in [0.3, 0.4) is 0 Å². The second-order valence-corrected chi connectivity index (χ2v) is 5.35. The number of nitrogens with one attached hydrogen (secondary N) is 1. The monoisotopic (exact) mass is 357 g/mol. The highest BCUT2D eigenvalue weighted by molar-refractivity contribution is 9.10. The molecule has 0 radical (unpaired) electrons. The van der Waals surface area contributed by atoms with Gasteiger partial charge >= 0.3 is 11.9 Å². The van der Waals surface area contributed by atoms with Crippen LogP contribution >= 0.6 is 15.9 Å². The predicted octanol–water partition coefficient (Wildman–Crippen LogP) is 1.89. The lowest BCUT2D eigenvalue weighted by molar-refractivity contribution is -0.142. The Balaban J connectivity index is 2.79. The zero-order valence-corrected chi connectivity index (χ0v) is 13.3. The van der Waals surface area contributed by atoms with Crippen LogP contribution in [0.4, 0.5) is 0 Å². The van der Waals surface area contributed by atoms with Gasteiger partial charge in [-0.05, 0) is 31.0 Å². The third-order valence-corrected chi connectivity index (χ3v) is 3.41. The van der Waals surface area contributed by atoms with Gasteiger partial charge in [-0.25, -0.2) is 4.79 Å². The first-order valence-electron chi connectivity index (χ1n) is 6.21. The van der Waals surface area contributed by atoms with E-state index in [-0.39, 0.29) is 12.8 Å². The number of carboxylic acid groups (broad SMARTS) is 1. The topological polar surface area (TPSA) is 92.7 Å². The van der Waals surface area contributed by atoms with Gasteiger partial charge in [0.05, 0.1) is 7.11 Å². The van der Waals surface area contributed by atoms with Gasteiger partial charge < -0.3 is 15.2 Å². The predicted molar refractivity (Wildman–Crippen MR) is 79.0 cm³/mol. The van der Waals surface area contributed by atoms with E-state index in [0.717, 1.165) is 10.0 Å². The fraction of sp³-hybridized carbons (Fsp3) is 0.357. The zero-order valence-electron chi connectivity index (χ0n) is 11.7. The second-order valence-electron chi connectivity index (χ2n) is 4.44. The molecule has 0 aromatic heterocycles. The average Bonchev–Trinajstić information content (AvgIpc) is 2.44. The van der Waals surface area contributed by atoms with E-state index in [1.807, 2.05) is 0 Å². The van der Waals surface area contributed by atoms with Crippen LogP contribution in [0.2, 0.25) is 0 Å². The quantitative estimate of drug-likeness (QED) is 0.758. The molecule has 0 spiro atoms. The Labute approximate surface area is 130 Å². The van der Waals surface area contributed by atoms with Crippen LogP contribution in [-0.2, 0) is 14.3 Å². The summed E-state index contributed by atoms with van der Waals surface area (Å²) in [5.74, 6) is -2.21. The number of aryl methyl sites for hydroxylation is 1. The van der Waals surface area contributed by atoms with Crippen molar-refractivity contribution in [3.63, 3.8) is 0 Å². The Morgan fingerprint density at radius 2 is 2.05 bits per heavy atom. The molecule has 0 aliphatic heterocycles. The minimum atomic E-state index is -1.19. The number of amides is 1. The highest BCUT2D eigenvalue weighted by Gasteiger charge is 2.22. The van der Waals surface area contributed by atoms with Crippen molar-refractivity contribution in [2.75, 3.05) is 7.11 Å². The molecule has 0 saturated carbocycles. The van der Waals surface area contributed by atoms with E-state index < -0.39 is 23.9 Å². The molecular formula is C14H16BrNO5. The number of hydrogen-bond acceptors (Lipinski definition) is 4. The maximum atomic E-state index is 12.1. The summed E-state index contributed by atoms with van der Waals surface area (Å²) < 4.78 is 5.18. The van der Waals surface area contributed by atoms with Crippen LogP contribution in [0, 0.1) is 6.92 Å². The second kappa shape index (κ2) is 7.78. The molecule has 1 unspecified atom stereocenters. The first-order chi connectivity index (χ1) is 9.85. The van der Waals surface area contributed by atoms with Crippen LogP contribution in [0.1, 0.15) is 28.8 Å². The van der Waals surface area contributed by atoms with Gasteiger partial charge in [0.25, 0.3) is 5.91 Å². The maximum Gasteiger partial charge on any atom is 0.326 e. The third-order valence-electron chi connectivity index (χ3n) is 2.91. The van der Waals surface area contributed by atoms with Crippen molar-refractivity contribution in [1.29, 1.82) is 0 Å². The van der Waals surface area contributed by atoms with Crippen LogP contribution in [0.25, 0.3) is 0 Å². The Hall–Kier alpha value is -1.89. The van der Waals surface area contributed by atoms with Gasteiger partial charge in [0, 0.05) is 16.5 Å². The van der Waals surface area contributed by atoms with Crippen molar-refractivity contribution < 1.29 is 24.2 Å². The molecule has 0 bridgehead atoms. The summed E-state index contributed by atoms with van der Waals surface area (Å²) in [5, 5.41) is 11.5. The van der Waals surface area contributed by atoms with Crippen molar-refractivity contribution in [2.45, 2.75) is 25.8 Å². The Kier molecular flexibility index (Phi) is 6.36. The van der Waals surface area contributed by atoms with Crippen LogP contribution in [0.5, 0.6) is 0 Å². The number of methoxy groups -OCH3 is 1. The number of carboxylic acids is 1. The summed E-state index contributed by atoms with van der Waals surface area (Å²) in [6, 6.07) is 4.01. The van der Waals surface area contributed by atoms with Gasteiger partial charge in [0.1, 0.15) is 6.04 Å². The molecule has 0 saturated heterocycles. The summed E-state index contributed by atoms with van der Waals surface area (Å²) in [5.41, 5.74) is 1.11. The number of benzene rings is 1. The number of carbonyl (C=O) groups is 3. The van der Waals surface area contributed by atoms with E-state index in [0.29, 0.717) is 5.56 Å². The Bertz CT molecular complexity index is 558. The van der Waals surface area contributed by atoms with Crippen molar-refractivity contribution >= 4 is 33.8 Å². The molecule has 0 fully saturated rings. The number of carbonyl (C=O) groups excluding carboxylic acids is 2. The number of hydrogen-bond donors (Lipinski definition) is 2. The van der Waals surface area contributed by atoms with Gasteiger partial charge in [-0.1, -0.05) is 22.0 Å². The lowest BCUT2D eigenvalue weighted by Crippen LogP contribution is -2.41. The van der Waals surface area contributed by atoms with Crippen molar-refractivity contribution in [2.24, 2.45) is 0 Å². The van der Waals surface area contributed by atoms with Crippen LogP contribution in [0.15, 0.2) is 22.7 Å². The number of ether oxygens (including phenoxy) is 1. The summed E-state index contributed by atoms with van der Waals surface area (Å²) in [6.45, 7) is 1.76. The lowest BCUT2D eigenvalue weighted by Gasteiger charge is -2.15. The molecule has 7 heteroatoms. The van der Waals surface area contributed by atoms with Crippen LogP contribution in [-0.4, -0.2) is 36.1 Å². The first kappa shape index (κ1) is 17.2. The Morgan fingerprint density at radius 3 is 2.62 bits per heavy atom. The lowest BCUT2D eigenvalue weighted by atomic mass is 10.1. The summed E-state index contributed by atoms with van der Waals surface area (Å²) >= 11 is 3.26. The molecule has 1 atom stereocenters. The molecule has 0 aliphatic rings. The van der Waals surface area contributed by atoms with Crippen molar-refractivity contribution in [3.05, 3.63) is 33.8 Å². The molecular weight excluding hydrogens is 342 g/mol. The normalized spacial score (nSPS) is 11.6. The minimum Gasteiger partial charge on any atom is -0.480 e. The van der Waals surface area contributed by atoms with E-state index in [1.54, 1.807) is 25.1 Å². The largest absolute Gasteiger partial charge is 0.480 e. The fourth-order valence-electron chi connectivity index (χ4n) is 1.70. The zero-order chi connectivity index (χ0) is 16.0. The van der Waals surface area contributed by atoms with E-state index in [9.17, 15) is 14.4 Å². The van der Waals surface area contributed by atoms with E-state index in [1.165, 1.54) is 7.11 Å². The molecule has 0 heterocycles. The number of rotatable bonds is 6. The van der Waals surface area contributed by atoms with Gasteiger partial charge in [-0.3, -0.25) is 9.59 Å². The van der Waals surface area contributed by atoms with Crippen LogP contribution < -0.4 is 5.32 Å². The maximum absolute atomic E-state index is 12.1. The first-order valence-corrected chi connectivity index (χ1v) is 7.01. The molecule has 114 valence electrons. The third kappa shape index (κ3) is 5.18. The van der Waals surface area contributed by atoms with E-state index in [2.05, 4.69) is 26.0 Å². The molecule has 6 nitrogen and oxygen atoms in total. The SMILES string of the molecule is COC(=O)CCC(NC(=O)c1cc(Br)ccc1C)C(=O)O. The molecule has 21 heavy (non-hydrogen) atoms. The van der Waals surface area contributed by atoms with Crippen molar-refractivity contribution in [1.82, 2.24) is 5.32 Å². The molecule has 1 rings (SSSR count). The van der Waals surface area contributed by atoms with Gasteiger partial charge in [0.2, 0.25) is 0 Å². The summed E-state index contributed by atoms with van der Waals surface area (Å²) in [4.78, 5) is 34.3. The smallest absolute Gasteiger partial charge is 0.326 e. The average molecular weight is 358 g/mol. The Morgan fingerprint density at radius 1 is 1.38 bits per heavy atom.